The largest absolute Gasteiger partial charge is 0.495 e. The zero-order chi connectivity index (χ0) is 17.5. The van der Waals surface area contributed by atoms with Gasteiger partial charge < -0.3 is 15.4 Å². The molecule has 0 bridgehead atoms. The predicted octanol–water partition coefficient (Wildman–Crippen LogP) is 3.31. The lowest BCUT2D eigenvalue weighted by atomic mass is 10.1. The standard InChI is InChI=1S/C18H24N4O2/c1-12(2)7-8-19-17(23)14-10-20-18(21-11-14)22-15-9-13(3)5-6-16(15)24-4/h5-6,9-12H,7-8H2,1-4H3,(H,19,23)(H,20,21,22). The van der Waals surface area contributed by atoms with Gasteiger partial charge >= 0.3 is 0 Å². The Morgan fingerprint density at radius 1 is 1.25 bits per heavy atom. The van der Waals surface area contributed by atoms with Crippen LogP contribution < -0.4 is 15.4 Å². The quantitative estimate of drug-likeness (QED) is 0.815. The lowest BCUT2D eigenvalue weighted by Gasteiger charge is -2.11. The molecule has 0 radical (unpaired) electrons. The van der Waals surface area contributed by atoms with E-state index in [4.69, 9.17) is 4.74 Å². The van der Waals surface area contributed by atoms with Crippen LogP contribution in [0.1, 0.15) is 36.2 Å². The fourth-order valence-electron chi connectivity index (χ4n) is 2.13. The summed E-state index contributed by atoms with van der Waals surface area (Å²) in [6, 6.07) is 5.80. The third-order valence-corrected chi connectivity index (χ3v) is 3.52. The van der Waals surface area contributed by atoms with E-state index in [0.717, 1.165) is 17.7 Å². The third-order valence-electron chi connectivity index (χ3n) is 3.52. The van der Waals surface area contributed by atoms with Gasteiger partial charge in [0.1, 0.15) is 5.75 Å². The van der Waals surface area contributed by atoms with Crippen LogP contribution >= 0.6 is 0 Å². The van der Waals surface area contributed by atoms with Crippen molar-refractivity contribution in [2.24, 2.45) is 5.92 Å². The molecule has 1 heterocycles. The van der Waals surface area contributed by atoms with Crippen LogP contribution in [0.3, 0.4) is 0 Å². The topological polar surface area (TPSA) is 76.1 Å². The lowest BCUT2D eigenvalue weighted by molar-refractivity contribution is 0.0951. The summed E-state index contributed by atoms with van der Waals surface area (Å²) in [6.07, 6.45) is 3.98. The lowest BCUT2D eigenvalue weighted by Crippen LogP contribution is -2.25. The fourth-order valence-corrected chi connectivity index (χ4v) is 2.13. The number of ether oxygens (including phenoxy) is 1. The Balaban J connectivity index is 2.02. The van der Waals surface area contributed by atoms with Crippen molar-refractivity contribution in [1.29, 1.82) is 0 Å². The van der Waals surface area contributed by atoms with E-state index in [1.165, 1.54) is 12.4 Å². The molecular formula is C18H24N4O2. The van der Waals surface area contributed by atoms with Crippen LogP contribution in [0.4, 0.5) is 11.6 Å². The van der Waals surface area contributed by atoms with Crippen molar-refractivity contribution in [2.45, 2.75) is 27.2 Å². The van der Waals surface area contributed by atoms with Crippen molar-refractivity contribution in [2.75, 3.05) is 19.0 Å². The number of hydrogen-bond acceptors (Lipinski definition) is 5. The van der Waals surface area contributed by atoms with Gasteiger partial charge in [0.2, 0.25) is 5.95 Å². The van der Waals surface area contributed by atoms with E-state index in [1.807, 2.05) is 25.1 Å². The van der Waals surface area contributed by atoms with E-state index < -0.39 is 0 Å². The Morgan fingerprint density at radius 2 is 1.96 bits per heavy atom. The summed E-state index contributed by atoms with van der Waals surface area (Å²) in [5.41, 5.74) is 2.33. The van der Waals surface area contributed by atoms with Gasteiger partial charge in [0, 0.05) is 18.9 Å². The number of hydrogen-bond donors (Lipinski definition) is 2. The maximum Gasteiger partial charge on any atom is 0.254 e. The molecule has 1 aromatic heterocycles. The zero-order valence-corrected chi connectivity index (χ0v) is 14.6. The molecule has 24 heavy (non-hydrogen) atoms. The molecule has 0 saturated heterocycles. The van der Waals surface area contributed by atoms with Gasteiger partial charge in [-0.1, -0.05) is 19.9 Å². The van der Waals surface area contributed by atoms with Gasteiger partial charge in [0.25, 0.3) is 5.91 Å². The first-order valence-corrected chi connectivity index (χ1v) is 8.01. The van der Waals surface area contributed by atoms with Gasteiger partial charge in [-0.05, 0) is 37.0 Å². The molecule has 2 rings (SSSR count). The van der Waals surface area contributed by atoms with Crippen molar-refractivity contribution in [3.63, 3.8) is 0 Å². The number of carbonyl (C=O) groups excluding carboxylic acids is 1. The summed E-state index contributed by atoms with van der Waals surface area (Å²) in [6.45, 7) is 6.89. The van der Waals surface area contributed by atoms with Crippen LogP contribution in [-0.4, -0.2) is 29.5 Å². The molecule has 2 N–H and O–H groups in total. The summed E-state index contributed by atoms with van der Waals surface area (Å²) in [5, 5.41) is 5.98. The second-order valence-electron chi connectivity index (χ2n) is 6.06. The van der Waals surface area contributed by atoms with E-state index in [9.17, 15) is 4.79 Å². The Kier molecular flexibility index (Phi) is 6.12. The monoisotopic (exact) mass is 328 g/mol. The highest BCUT2D eigenvalue weighted by molar-refractivity contribution is 5.93. The first-order valence-electron chi connectivity index (χ1n) is 8.01. The SMILES string of the molecule is COc1ccc(C)cc1Nc1ncc(C(=O)NCCC(C)C)cn1. The maximum absolute atomic E-state index is 12.0. The number of rotatable bonds is 7. The first kappa shape index (κ1) is 17.7. The van der Waals surface area contributed by atoms with Crippen LogP contribution in [0.2, 0.25) is 0 Å². The Labute approximate surface area is 142 Å². The number of aryl methyl sites for hydroxylation is 1. The molecule has 0 aliphatic rings. The normalized spacial score (nSPS) is 10.5. The summed E-state index contributed by atoms with van der Waals surface area (Å²) >= 11 is 0. The number of aromatic nitrogens is 2. The van der Waals surface area contributed by atoms with E-state index in [0.29, 0.717) is 29.7 Å². The van der Waals surface area contributed by atoms with E-state index >= 15 is 0 Å². The molecule has 0 atom stereocenters. The second kappa shape index (κ2) is 8.29. The summed E-state index contributed by atoms with van der Waals surface area (Å²) in [4.78, 5) is 20.4. The molecule has 0 spiro atoms. The third kappa shape index (κ3) is 4.94. The fraction of sp³-hybridized carbons (Fsp3) is 0.389. The molecule has 1 aromatic carbocycles. The van der Waals surface area contributed by atoms with Crippen molar-refractivity contribution in [3.05, 3.63) is 41.7 Å². The molecule has 128 valence electrons. The van der Waals surface area contributed by atoms with Gasteiger partial charge in [-0.15, -0.1) is 0 Å². The van der Waals surface area contributed by atoms with Gasteiger partial charge in [-0.2, -0.15) is 0 Å². The molecule has 2 aromatic rings. The average molecular weight is 328 g/mol. The minimum Gasteiger partial charge on any atom is -0.495 e. The number of nitrogens with one attached hydrogen (secondary N) is 2. The van der Waals surface area contributed by atoms with Crippen LogP contribution in [0, 0.1) is 12.8 Å². The van der Waals surface area contributed by atoms with Gasteiger partial charge in [0.05, 0.1) is 18.4 Å². The molecule has 6 nitrogen and oxygen atoms in total. The summed E-state index contributed by atoms with van der Waals surface area (Å²) < 4.78 is 5.32. The number of benzene rings is 1. The Morgan fingerprint density at radius 3 is 2.58 bits per heavy atom. The van der Waals surface area contributed by atoms with E-state index in [2.05, 4.69) is 34.4 Å². The van der Waals surface area contributed by atoms with Crippen molar-refractivity contribution in [1.82, 2.24) is 15.3 Å². The minimum absolute atomic E-state index is 0.157. The Hall–Kier alpha value is -2.63. The highest BCUT2D eigenvalue weighted by Crippen LogP contribution is 2.27. The second-order valence-corrected chi connectivity index (χ2v) is 6.06. The smallest absolute Gasteiger partial charge is 0.254 e. The minimum atomic E-state index is -0.157. The van der Waals surface area contributed by atoms with Gasteiger partial charge in [-0.25, -0.2) is 9.97 Å². The van der Waals surface area contributed by atoms with Crippen LogP contribution in [0.25, 0.3) is 0 Å². The van der Waals surface area contributed by atoms with E-state index in [1.54, 1.807) is 7.11 Å². The number of amides is 1. The van der Waals surface area contributed by atoms with Crippen LogP contribution in [-0.2, 0) is 0 Å². The first-order chi connectivity index (χ1) is 11.5. The van der Waals surface area contributed by atoms with E-state index in [-0.39, 0.29) is 5.91 Å². The van der Waals surface area contributed by atoms with Crippen molar-refractivity contribution in [3.8, 4) is 5.75 Å². The van der Waals surface area contributed by atoms with Crippen molar-refractivity contribution >= 4 is 17.5 Å². The highest BCUT2D eigenvalue weighted by Gasteiger charge is 2.09. The predicted molar refractivity (Wildman–Crippen MR) is 94.8 cm³/mol. The zero-order valence-electron chi connectivity index (χ0n) is 14.6. The van der Waals surface area contributed by atoms with Gasteiger partial charge in [0.15, 0.2) is 0 Å². The highest BCUT2D eigenvalue weighted by atomic mass is 16.5. The molecule has 0 unspecified atom stereocenters. The van der Waals surface area contributed by atoms with Crippen LogP contribution in [0.15, 0.2) is 30.6 Å². The molecule has 0 aliphatic heterocycles. The molecule has 0 saturated carbocycles. The number of methoxy groups -OCH3 is 1. The number of nitrogens with zero attached hydrogens (tertiary/aromatic N) is 2. The summed E-state index contributed by atoms with van der Waals surface area (Å²) in [5.74, 6) is 1.52. The van der Waals surface area contributed by atoms with Crippen LogP contribution in [0.5, 0.6) is 5.75 Å². The molecule has 0 aliphatic carbocycles. The maximum atomic E-state index is 12.0. The molecule has 6 heteroatoms. The average Bonchev–Trinajstić information content (AvgIpc) is 2.55. The molecule has 0 fully saturated rings. The van der Waals surface area contributed by atoms with Crippen molar-refractivity contribution < 1.29 is 9.53 Å². The molecule has 1 amide bonds. The summed E-state index contributed by atoms with van der Waals surface area (Å²) in [7, 11) is 1.61. The molecular weight excluding hydrogens is 304 g/mol. The Bertz CT molecular complexity index is 684. The number of carbonyl (C=O) groups is 1. The van der Waals surface area contributed by atoms with Gasteiger partial charge in [-0.3, -0.25) is 4.79 Å². The number of anilines is 2.